The number of nitrogens with one attached hydrogen (secondary N) is 1. The van der Waals surface area contributed by atoms with Gasteiger partial charge >= 0.3 is 0 Å². The van der Waals surface area contributed by atoms with E-state index in [1.54, 1.807) is 12.1 Å². The van der Waals surface area contributed by atoms with Gasteiger partial charge in [-0.3, -0.25) is 11.3 Å². The van der Waals surface area contributed by atoms with E-state index in [1.165, 1.54) is 25.7 Å². The van der Waals surface area contributed by atoms with Crippen molar-refractivity contribution in [3.63, 3.8) is 0 Å². The highest BCUT2D eigenvalue weighted by Gasteiger charge is 2.21. The number of hydrazine groups is 1. The van der Waals surface area contributed by atoms with Crippen LogP contribution in [0.2, 0.25) is 5.02 Å². The molecule has 1 fully saturated rings. The molecule has 6 heteroatoms. The van der Waals surface area contributed by atoms with Crippen molar-refractivity contribution in [2.45, 2.75) is 37.0 Å². The third kappa shape index (κ3) is 3.85. The monoisotopic (exact) mass is 366 g/mol. The molecule has 0 radical (unpaired) electrons. The van der Waals surface area contributed by atoms with E-state index in [-0.39, 0.29) is 11.1 Å². The van der Waals surface area contributed by atoms with Crippen LogP contribution in [0, 0.1) is 5.82 Å². The molecular weight excluding hydrogens is 351 g/mol. The quantitative estimate of drug-likeness (QED) is 0.459. The van der Waals surface area contributed by atoms with Crippen LogP contribution in [0.3, 0.4) is 0 Å². The largest absolute Gasteiger partial charge is 0.271 e. The standard InChI is InChI=1S/C13H17BrClFN2S/c14-10-6-5-9(13(16)12(10)15)11(18-17)7-19-8-3-1-2-4-8/h5-6,8,11,18H,1-4,7,17H2. The minimum absolute atomic E-state index is 0.114. The fourth-order valence-electron chi connectivity index (χ4n) is 2.32. The Hall–Kier alpha value is 0.190. The van der Waals surface area contributed by atoms with Gasteiger partial charge in [-0.25, -0.2) is 4.39 Å². The fourth-order valence-corrected chi connectivity index (χ4v) is 4.21. The number of halogens is 3. The van der Waals surface area contributed by atoms with Crippen LogP contribution in [-0.2, 0) is 0 Å². The van der Waals surface area contributed by atoms with E-state index in [0.29, 0.717) is 15.3 Å². The second kappa shape index (κ2) is 7.27. The Kier molecular flexibility index (Phi) is 5.96. The van der Waals surface area contributed by atoms with Crippen molar-refractivity contribution in [3.8, 4) is 0 Å². The van der Waals surface area contributed by atoms with Gasteiger partial charge in [-0.05, 0) is 34.8 Å². The van der Waals surface area contributed by atoms with Gasteiger partial charge in [-0.1, -0.05) is 30.5 Å². The highest BCUT2D eigenvalue weighted by Crippen LogP contribution is 2.34. The van der Waals surface area contributed by atoms with Gasteiger partial charge in [0.15, 0.2) is 0 Å². The molecule has 106 valence electrons. The molecule has 1 aliphatic rings. The van der Waals surface area contributed by atoms with E-state index in [0.717, 1.165) is 5.75 Å². The maximum Gasteiger partial charge on any atom is 0.147 e. The van der Waals surface area contributed by atoms with Crippen molar-refractivity contribution in [3.05, 3.63) is 33.0 Å². The van der Waals surface area contributed by atoms with Crippen molar-refractivity contribution < 1.29 is 4.39 Å². The minimum atomic E-state index is -0.397. The van der Waals surface area contributed by atoms with Gasteiger partial charge in [0.1, 0.15) is 5.82 Å². The maximum absolute atomic E-state index is 14.1. The average Bonchev–Trinajstić information content (AvgIpc) is 2.92. The molecule has 1 aromatic rings. The number of nitrogens with two attached hydrogens (primary N) is 1. The molecule has 0 aromatic heterocycles. The molecule has 0 heterocycles. The number of thioether (sulfide) groups is 1. The number of rotatable bonds is 5. The molecule has 0 saturated heterocycles. The van der Waals surface area contributed by atoms with Gasteiger partial charge in [0.05, 0.1) is 11.1 Å². The second-order valence-electron chi connectivity index (χ2n) is 4.72. The maximum atomic E-state index is 14.1. The van der Waals surface area contributed by atoms with Crippen molar-refractivity contribution in [1.29, 1.82) is 0 Å². The van der Waals surface area contributed by atoms with Crippen molar-refractivity contribution in [1.82, 2.24) is 5.43 Å². The Morgan fingerprint density at radius 3 is 2.79 bits per heavy atom. The van der Waals surface area contributed by atoms with Crippen LogP contribution in [0.25, 0.3) is 0 Å². The molecule has 19 heavy (non-hydrogen) atoms. The molecule has 1 unspecified atom stereocenters. The molecule has 3 N–H and O–H groups in total. The molecular formula is C13H17BrClFN2S. The normalized spacial score (nSPS) is 17.9. The van der Waals surface area contributed by atoms with Gasteiger partial charge < -0.3 is 0 Å². The summed E-state index contributed by atoms with van der Waals surface area (Å²) in [6, 6.07) is 3.27. The third-order valence-electron chi connectivity index (χ3n) is 3.44. The zero-order valence-electron chi connectivity index (χ0n) is 10.5. The molecule has 0 amide bonds. The van der Waals surface area contributed by atoms with Crippen molar-refractivity contribution in [2.24, 2.45) is 5.84 Å². The lowest BCUT2D eigenvalue weighted by atomic mass is 10.1. The number of hydrogen-bond acceptors (Lipinski definition) is 3. The number of hydrogen-bond donors (Lipinski definition) is 2. The SMILES string of the molecule is NNC(CSC1CCCC1)c1ccc(Br)c(Cl)c1F. The summed E-state index contributed by atoms with van der Waals surface area (Å²) in [4.78, 5) is 0. The topological polar surface area (TPSA) is 38.0 Å². The number of benzene rings is 1. The van der Waals surface area contributed by atoms with Gasteiger partial charge in [0.25, 0.3) is 0 Å². The molecule has 0 aliphatic heterocycles. The molecule has 0 spiro atoms. The van der Waals surface area contributed by atoms with E-state index < -0.39 is 5.82 Å². The second-order valence-corrected chi connectivity index (χ2v) is 7.29. The Morgan fingerprint density at radius 2 is 2.16 bits per heavy atom. The summed E-state index contributed by atoms with van der Waals surface area (Å²) < 4.78 is 14.7. The molecule has 2 rings (SSSR count). The first kappa shape index (κ1) is 15.6. The first-order chi connectivity index (χ1) is 9.13. The van der Waals surface area contributed by atoms with E-state index in [4.69, 9.17) is 17.4 Å². The molecule has 2 nitrogen and oxygen atoms in total. The zero-order chi connectivity index (χ0) is 13.8. The van der Waals surface area contributed by atoms with E-state index >= 15 is 0 Å². The van der Waals surface area contributed by atoms with Crippen molar-refractivity contribution in [2.75, 3.05) is 5.75 Å². The Balaban J connectivity index is 2.06. The highest BCUT2D eigenvalue weighted by atomic mass is 79.9. The van der Waals surface area contributed by atoms with E-state index in [9.17, 15) is 4.39 Å². The Morgan fingerprint density at radius 1 is 1.47 bits per heavy atom. The van der Waals surface area contributed by atoms with Crippen LogP contribution in [0.1, 0.15) is 37.3 Å². The van der Waals surface area contributed by atoms with Crippen LogP contribution < -0.4 is 11.3 Å². The van der Waals surface area contributed by atoms with Crippen LogP contribution in [0.15, 0.2) is 16.6 Å². The lowest BCUT2D eigenvalue weighted by Gasteiger charge is -2.19. The first-order valence-corrected chi connectivity index (χ1v) is 8.56. The smallest absolute Gasteiger partial charge is 0.147 e. The average molecular weight is 368 g/mol. The summed E-state index contributed by atoms with van der Waals surface area (Å²) >= 11 is 11.0. The van der Waals surface area contributed by atoms with Gasteiger partial charge in [0, 0.05) is 21.0 Å². The predicted octanol–water partition coefficient (Wildman–Crippen LogP) is 4.42. The summed E-state index contributed by atoms with van der Waals surface area (Å²) in [7, 11) is 0. The van der Waals surface area contributed by atoms with Gasteiger partial charge in [-0.15, -0.1) is 0 Å². The van der Waals surface area contributed by atoms with Gasteiger partial charge in [0.2, 0.25) is 0 Å². The van der Waals surface area contributed by atoms with Crippen molar-refractivity contribution >= 4 is 39.3 Å². The summed E-state index contributed by atoms with van der Waals surface area (Å²) in [5.41, 5.74) is 3.22. The predicted molar refractivity (Wildman–Crippen MR) is 83.9 cm³/mol. The fraction of sp³-hybridized carbons (Fsp3) is 0.538. The Labute approximate surface area is 130 Å². The highest BCUT2D eigenvalue weighted by molar-refractivity contribution is 9.10. The third-order valence-corrected chi connectivity index (χ3v) is 6.17. The van der Waals surface area contributed by atoms with Crippen LogP contribution in [-0.4, -0.2) is 11.0 Å². The van der Waals surface area contributed by atoms with Crippen LogP contribution in [0.5, 0.6) is 0 Å². The zero-order valence-corrected chi connectivity index (χ0v) is 13.6. The van der Waals surface area contributed by atoms with E-state index in [2.05, 4.69) is 21.4 Å². The molecule has 1 atom stereocenters. The van der Waals surface area contributed by atoms with Gasteiger partial charge in [-0.2, -0.15) is 11.8 Å². The molecule has 1 aromatic carbocycles. The minimum Gasteiger partial charge on any atom is -0.271 e. The van der Waals surface area contributed by atoms with Crippen LogP contribution in [0.4, 0.5) is 4.39 Å². The Bertz CT molecular complexity index is 441. The summed E-state index contributed by atoms with van der Waals surface area (Å²) in [5, 5.41) is 0.799. The summed E-state index contributed by atoms with van der Waals surface area (Å²) in [5.74, 6) is 5.92. The molecule has 1 saturated carbocycles. The summed E-state index contributed by atoms with van der Waals surface area (Å²) in [6.45, 7) is 0. The molecule has 0 bridgehead atoms. The van der Waals surface area contributed by atoms with E-state index in [1.807, 2.05) is 11.8 Å². The lowest BCUT2D eigenvalue weighted by molar-refractivity contribution is 0.546. The lowest BCUT2D eigenvalue weighted by Crippen LogP contribution is -2.31. The molecule has 1 aliphatic carbocycles. The van der Waals surface area contributed by atoms with Crippen LogP contribution >= 0.6 is 39.3 Å². The summed E-state index contributed by atoms with van der Waals surface area (Å²) in [6.07, 6.45) is 5.12. The first-order valence-electron chi connectivity index (χ1n) is 6.34.